The summed E-state index contributed by atoms with van der Waals surface area (Å²) in [6.07, 6.45) is 6.01. The van der Waals surface area contributed by atoms with E-state index < -0.39 is 0 Å². The zero-order valence-electron chi connectivity index (χ0n) is 15.3. The van der Waals surface area contributed by atoms with Gasteiger partial charge in [-0.15, -0.1) is 11.3 Å². The molecule has 1 unspecified atom stereocenters. The van der Waals surface area contributed by atoms with Crippen molar-refractivity contribution in [2.45, 2.75) is 45.1 Å². The monoisotopic (exact) mass is 368 g/mol. The minimum absolute atomic E-state index is 0.00493. The number of nitrogens with zero attached hydrogens (tertiary/aromatic N) is 1. The summed E-state index contributed by atoms with van der Waals surface area (Å²) in [7, 11) is 2.11. The normalized spacial score (nSPS) is 14.8. The van der Waals surface area contributed by atoms with Crippen molar-refractivity contribution in [1.29, 1.82) is 5.26 Å². The van der Waals surface area contributed by atoms with E-state index in [1.807, 2.05) is 18.2 Å². The third kappa shape index (κ3) is 4.72. The number of amides is 1. The second-order valence-electron chi connectivity index (χ2n) is 7.05. The van der Waals surface area contributed by atoms with Crippen molar-refractivity contribution >= 4 is 22.2 Å². The molecule has 1 amide bonds. The van der Waals surface area contributed by atoms with Gasteiger partial charge in [0.1, 0.15) is 17.6 Å². The Morgan fingerprint density at radius 1 is 1.23 bits per heavy atom. The van der Waals surface area contributed by atoms with E-state index in [1.165, 1.54) is 33.7 Å². The Hall–Kier alpha value is -2.16. The number of hydrogen-bond donors (Lipinski definition) is 2. The molecule has 1 aromatic carbocycles. The summed E-state index contributed by atoms with van der Waals surface area (Å²) in [6.45, 7) is 1.68. The molecule has 0 saturated carbocycles. The molecule has 1 aliphatic carbocycles. The van der Waals surface area contributed by atoms with Crippen LogP contribution in [0.15, 0.2) is 30.3 Å². The molecular formula is C21H26N3OS+. The highest BCUT2D eigenvalue weighted by Gasteiger charge is 2.21. The summed E-state index contributed by atoms with van der Waals surface area (Å²) in [4.78, 5) is 15.0. The Labute approximate surface area is 159 Å². The molecule has 1 atom stereocenters. The minimum Gasteiger partial charge on any atom is -0.333 e. The van der Waals surface area contributed by atoms with Crippen molar-refractivity contribution in [1.82, 2.24) is 0 Å². The van der Waals surface area contributed by atoms with Gasteiger partial charge in [-0.3, -0.25) is 4.79 Å². The van der Waals surface area contributed by atoms with Gasteiger partial charge in [-0.1, -0.05) is 36.8 Å². The van der Waals surface area contributed by atoms with Crippen LogP contribution in [-0.2, 0) is 24.2 Å². The molecule has 0 aliphatic heterocycles. The first-order valence-electron chi connectivity index (χ1n) is 9.37. The highest BCUT2D eigenvalue weighted by molar-refractivity contribution is 7.16. The number of nitriles is 1. The third-order valence-corrected chi connectivity index (χ3v) is 6.12. The number of benzene rings is 1. The fraction of sp³-hybridized carbons (Fsp3) is 0.429. The first-order chi connectivity index (χ1) is 12.7. The molecule has 0 radical (unpaired) electrons. The fourth-order valence-corrected chi connectivity index (χ4v) is 4.75. The third-order valence-electron chi connectivity index (χ3n) is 4.91. The molecule has 0 bridgehead atoms. The number of fused-ring (bicyclic) bond motifs is 1. The summed E-state index contributed by atoms with van der Waals surface area (Å²) >= 11 is 1.60. The number of carbonyl (C=O) groups excluding carboxylic acids is 1. The SMILES string of the molecule is C[NH+](CCC(=O)Nc1sc2c(c1C#N)CCCCC2)Cc1ccccc1. The number of quaternary nitrogens is 1. The molecule has 1 heterocycles. The standard InChI is InChI=1S/C21H25N3OS/c1-24(15-16-8-4-2-5-9-16)13-12-20(25)23-21-18(14-22)17-10-6-3-7-11-19(17)26-21/h2,4-5,8-9H,3,6-7,10-13,15H2,1H3,(H,23,25)/p+1. The van der Waals surface area contributed by atoms with Crippen molar-refractivity contribution in [3.63, 3.8) is 0 Å². The van der Waals surface area contributed by atoms with Gasteiger partial charge in [-0.2, -0.15) is 5.26 Å². The van der Waals surface area contributed by atoms with Crippen LogP contribution >= 0.6 is 11.3 Å². The van der Waals surface area contributed by atoms with Gasteiger partial charge in [0.15, 0.2) is 0 Å². The molecule has 5 heteroatoms. The molecule has 0 fully saturated rings. The Kier molecular flexibility index (Phi) is 6.43. The summed E-state index contributed by atoms with van der Waals surface area (Å²) < 4.78 is 0. The lowest BCUT2D eigenvalue weighted by molar-refractivity contribution is -0.893. The number of nitrogens with one attached hydrogen (secondary N) is 2. The molecule has 0 saturated heterocycles. The van der Waals surface area contributed by atoms with Gasteiger partial charge in [0.25, 0.3) is 0 Å². The average Bonchev–Trinajstić information content (AvgIpc) is 2.80. The van der Waals surface area contributed by atoms with Crippen molar-refractivity contribution in [3.8, 4) is 6.07 Å². The van der Waals surface area contributed by atoms with E-state index >= 15 is 0 Å². The lowest BCUT2D eigenvalue weighted by Crippen LogP contribution is -3.07. The van der Waals surface area contributed by atoms with E-state index in [0.717, 1.165) is 37.4 Å². The van der Waals surface area contributed by atoms with E-state index in [4.69, 9.17) is 0 Å². The zero-order valence-corrected chi connectivity index (χ0v) is 16.1. The number of aryl methyl sites for hydroxylation is 1. The Bertz CT molecular complexity index is 792. The fourth-order valence-electron chi connectivity index (χ4n) is 3.50. The van der Waals surface area contributed by atoms with E-state index in [1.54, 1.807) is 11.3 Å². The molecule has 4 nitrogen and oxygen atoms in total. The van der Waals surface area contributed by atoms with Crippen molar-refractivity contribution in [2.75, 3.05) is 18.9 Å². The van der Waals surface area contributed by atoms with E-state index in [9.17, 15) is 10.1 Å². The molecule has 0 spiro atoms. The van der Waals surface area contributed by atoms with Gasteiger partial charge in [-0.25, -0.2) is 0 Å². The van der Waals surface area contributed by atoms with Crippen LogP contribution in [0.25, 0.3) is 0 Å². The van der Waals surface area contributed by atoms with Gasteiger partial charge in [0.2, 0.25) is 5.91 Å². The zero-order chi connectivity index (χ0) is 18.4. The van der Waals surface area contributed by atoms with E-state index in [0.29, 0.717) is 12.0 Å². The van der Waals surface area contributed by atoms with Gasteiger partial charge >= 0.3 is 0 Å². The number of hydrogen-bond acceptors (Lipinski definition) is 3. The van der Waals surface area contributed by atoms with Gasteiger partial charge < -0.3 is 10.2 Å². The largest absolute Gasteiger partial charge is 0.333 e. The topological polar surface area (TPSA) is 57.3 Å². The first-order valence-corrected chi connectivity index (χ1v) is 10.2. The predicted molar refractivity (Wildman–Crippen MR) is 105 cm³/mol. The molecular weight excluding hydrogens is 342 g/mol. The van der Waals surface area contributed by atoms with Gasteiger partial charge in [0, 0.05) is 10.4 Å². The molecule has 1 aromatic heterocycles. The predicted octanol–water partition coefficient (Wildman–Crippen LogP) is 2.93. The number of thiophene rings is 1. The van der Waals surface area contributed by atoms with Crippen LogP contribution in [0.3, 0.4) is 0 Å². The minimum atomic E-state index is 0.00493. The smallest absolute Gasteiger partial charge is 0.230 e. The number of carbonyl (C=O) groups is 1. The Morgan fingerprint density at radius 3 is 2.77 bits per heavy atom. The maximum absolute atomic E-state index is 12.4. The van der Waals surface area contributed by atoms with Crippen molar-refractivity contribution in [3.05, 3.63) is 51.9 Å². The maximum atomic E-state index is 12.4. The molecule has 2 aromatic rings. The van der Waals surface area contributed by atoms with Crippen molar-refractivity contribution < 1.29 is 9.69 Å². The van der Waals surface area contributed by atoms with Crippen molar-refractivity contribution in [2.24, 2.45) is 0 Å². The van der Waals surface area contributed by atoms with Crippen LogP contribution in [0.4, 0.5) is 5.00 Å². The van der Waals surface area contributed by atoms with Gasteiger partial charge in [-0.05, 0) is 31.2 Å². The highest BCUT2D eigenvalue weighted by Crippen LogP contribution is 2.36. The Balaban J connectivity index is 1.56. The van der Waals surface area contributed by atoms with E-state index in [-0.39, 0.29) is 5.91 Å². The molecule has 136 valence electrons. The molecule has 2 N–H and O–H groups in total. The summed E-state index contributed by atoms with van der Waals surface area (Å²) in [5, 5.41) is 13.3. The Morgan fingerprint density at radius 2 is 2.00 bits per heavy atom. The maximum Gasteiger partial charge on any atom is 0.230 e. The quantitative estimate of drug-likeness (QED) is 0.770. The molecule has 26 heavy (non-hydrogen) atoms. The second-order valence-corrected chi connectivity index (χ2v) is 8.15. The van der Waals surface area contributed by atoms with E-state index in [2.05, 4.69) is 30.6 Å². The first kappa shape index (κ1) is 18.6. The van der Waals surface area contributed by atoms with Crippen LogP contribution < -0.4 is 10.2 Å². The van der Waals surface area contributed by atoms with Crippen LogP contribution in [0.5, 0.6) is 0 Å². The average molecular weight is 369 g/mol. The summed E-state index contributed by atoms with van der Waals surface area (Å²) in [5.74, 6) is 0.00493. The lowest BCUT2D eigenvalue weighted by Gasteiger charge is -2.13. The van der Waals surface area contributed by atoms with Crippen LogP contribution in [-0.4, -0.2) is 19.5 Å². The lowest BCUT2D eigenvalue weighted by atomic mass is 10.1. The number of anilines is 1. The molecule has 1 aliphatic rings. The second kappa shape index (κ2) is 8.98. The summed E-state index contributed by atoms with van der Waals surface area (Å²) in [6, 6.07) is 12.6. The van der Waals surface area contributed by atoms with Crippen LogP contribution in [0, 0.1) is 11.3 Å². The van der Waals surface area contributed by atoms with Crippen LogP contribution in [0.1, 0.15) is 47.3 Å². The van der Waals surface area contributed by atoms with Crippen LogP contribution in [0.2, 0.25) is 0 Å². The van der Waals surface area contributed by atoms with Gasteiger partial charge in [0.05, 0.1) is 25.6 Å². The molecule has 3 rings (SSSR count). The highest BCUT2D eigenvalue weighted by atomic mass is 32.1. The summed E-state index contributed by atoms with van der Waals surface area (Å²) in [5.41, 5.74) is 3.15. The number of rotatable bonds is 6.